The van der Waals surface area contributed by atoms with Gasteiger partial charge in [0.05, 0.1) is 10.6 Å². The molecule has 0 saturated carbocycles. The summed E-state index contributed by atoms with van der Waals surface area (Å²) in [4.78, 5) is 12.9. The quantitative estimate of drug-likeness (QED) is 0.418. The largest absolute Gasteiger partial charge is 0.273 e. The number of nitrogens with zero attached hydrogens (tertiary/aromatic N) is 2. The van der Waals surface area contributed by atoms with E-state index in [4.69, 9.17) is 0 Å². The number of hydrogen-bond acceptors (Lipinski definition) is 4. The van der Waals surface area contributed by atoms with Crippen molar-refractivity contribution in [3.63, 3.8) is 0 Å². The van der Waals surface area contributed by atoms with Crippen LogP contribution in [0.15, 0.2) is 88.9 Å². The summed E-state index contributed by atoms with van der Waals surface area (Å²) in [5, 5.41) is 4.28. The number of amides is 1. The Morgan fingerprint density at radius 1 is 0.882 bits per heavy atom. The van der Waals surface area contributed by atoms with Crippen LogP contribution >= 0.6 is 0 Å². The van der Waals surface area contributed by atoms with Crippen molar-refractivity contribution in [3.8, 4) is 11.1 Å². The molecule has 1 heterocycles. The second-order valence-electron chi connectivity index (χ2n) is 8.61. The molecule has 4 rings (SSSR count). The third-order valence-electron chi connectivity index (χ3n) is 6.23. The highest BCUT2D eigenvalue weighted by Gasteiger charge is 2.32. The number of sulfonamides is 1. The molecule has 0 atom stereocenters. The Balaban J connectivity index is 1.32. The first-order valence-electron chi connectivity index (χ1n) is 11.4. The van der Waals surface area contributed by atoms with Crippen LogP contribution in [-0.2, 0) is 14.8 Å². The Morgan fingerprint density at radius 3 is 2.09 bits per heavy atom. The number of aryl methyl sites for hydroxylation is 1. The number of benzene rings is 3. The van der Waals surface area contributed by atoms with Gasteiger partial charge in [0, 0.05) is 19.0 Å². The van der Waals surface area contributed by atoms with Crippen molar-refractivity contribution in [1.29, 1.82) is 0 Å². The number of carbonyl (C=O) groups excluding carboxylic acids is 1. The highest BCUT2D eigenvalue weighted by atomic mass is 32.2. The first-order chi connectivity index (χ1) is 16.3. The molecule has 1 saturated heterocycles. The molecule has 1 N–H and O–H groups in total. The topological polar surface area (TPSA) is 78.8 Å². The zero-order chi connectivity index (χ0) is 24.1. The lowest BCUT2D eigenvalue weighted by Crippen LogP contribution is -2.42. The predicted molar refractivity (Wildman–Crippen MR) is 135 cm³/mol. The first kappa shape index (κ1) is 23.9. The molecule has 1 aliphatic heterocycles. The van der Waals surface area contributed by atoms with Gasteiger partial charge in [0.1, 0.15) is 0 Å². The molecule has 1 amide bonds. The summed E-state index contributed by atoms with van der Waals surface area (Å²) in [6, 6.07) is 25.0. The Labute approximate surface area is 201 Å². The Hall–Kier alpha value is -3.29. The van der Waals surface area contributed by atoms with E-state index in [1.165, 1.54) is 4.31 Å². The fraction of sp³-hybridized carbons (Fsp3) is 0.259. The van der Waals surface area contributed by atoms with Gasteiger partial charge in [-0.2, -0.15) is 9.41 Å². The van der Waals surface area contributed by atoms with Crippen LogP contribution in [0.25, 0.3) is 11.1 Å². The van der Waals surface area contributed by atoms with Gasteiger partial charge in [0.15, 0.2) is 0 Å². The van der Waals surface area contributed by atoms with Crippen LogP contribution in [0.5, 0.6) is 0 Å². The van der Waals surface area contributed by atoms with Gasteiger partial charge < -0.3 is 0 Å². The molecule has 0 spiro atoms. The minimum atomic E-state index is -3.54. The SMILES string of the molecule is C/C(=N/NC(=O)C1CCN(S(=O)(=O)c2ccc(C)cc2)CC1)c1ccc(-c2ccccc2)cc1. The van der Waals surface area contributed by atoms with Crippen molar-refractivity contribution >= 4 is 21.6 Å². The van der Waals surface area contributed by atoms with Gasteiger partial charge >= 0.3 is 0 Å². The summed E-state index contributed by atoms with van der Waals surface area (Å²) in [6.45, 7) is 4.41. The summed E-state index contributed by atoms with van der Waals surface area (Å²) < 4.78 is 27.2. The maximum absolute atomic E-state index is 12.9. The van der Waals surface area contributed by atoms with E-state index in [9.17, 15) is 13.2 Å². The van der Waals surface area contributed by atoms with Crippen molar-refractivity contribution in [2.45, 2.75) is 31.6 Å². The Morgan fingerprint density at radius 2 is 1.47 bits per heavy atom. The van der Waals surface area contributed by atoms with Crippen LogP contribution in [0.4, 0.5) is 0 Å². The molecule has 3 aromatic carbocycles. The average molecular weight is 476 g/mol. The van der Waals surface area contributed by atoms with E-state index in [1.54, 1.807) is 24.3 Å². The summed E-state index contributed by atoms with van der Waals surface area (Å²) in [5.41, 5.74) is 7.59. The summed E-state index contributed by atoms with van der Waals surface area (Å²) in [7, 11) is -3.54. The molecule has 0 bridgehead atoms. The Kier molecular flexibility index (Phi) is 7.24. The van der Waals surface area contributed by atoms with Crippen LogP contribution in [-0.4, -0.2) is 37.4 Å². The zero-order valence-electron chi connectivity index (χ0n) is 19.4. The number of carbonyl (C=O) groups is 1. The van der Waals surface area contributed by atoms with E-state index in [2.05, 4.69) is 22.7 Å². The van der Waals surface area contributed by atoms with E-state index in [-0.39, 0.29) is 11.8 Å². The maximum atomic E-state index is 12.9. The molecule has 7 heteroatoms. The summed E-state index contributed by atoms with van der Waals surface area (Å²) in [6.07, 6.45) is 0.939. The normalized spacial score (nSPS) is 15.8. The molecular weight excluding hydrogens is 446 g/mol. The van der Waals surface area contributed by atoms with Gasteiger partial charge in [0.2, 0.25) is 15.9 Å². The van der Waals surface area contributed by atoms with Crippen molar-refractivity contribution in [2.24, 2.45) is 11.0 Å². The number of hydrazone groups is 1. The third-order valence-corrected chi connectivity index (χ3v) is 8.14. The van der Waals surface area contributed by atoms with Crippen LogP contribution in [0, 0.1) is 12.8 Å². The lowest BCUT2D eigenvalue weighted by molar-refractivity contribution is -0.126. The van der Waals surface area contributed by atoms with E-state index < -0.39 is 10.0 Å². The highest BCUT2D eigenvalue weighted by Crippen LogP contribution is 2.24. The van der Waals surface area contributed by atoms with Gasteiger partial charge in [-0.3, -0.25) is 4.79 Å². The number of nitrogens with one attached hydrogen (secondary N) is 1. The lowest BCUT2D eigenvalue weighted by Gasteiger charge is -2.30. The van der Waals surface area contributed by atoms with Gasteiger partial charge in [-0.1, -0.05) is 72.3 Å². The van der Waals surface area contributed by atoms with Gasteiger partial charge in [-0.25, -0.2) is 13.8 Å². The zero-order valence-corrected chi connectivity index (χ0v) is 20.3. The molecule has 1 fully saturated rings. The molecule has 1 aliphatic rings. The standard InChI is InChI=1S/C27H29N3O3S/c1-20-8-14-26(15-9-20)34(32,33)30-18-16-25(17-19-30)27(31)29-28-21(2)22-10-12-24(13-11-22)23-6-4-3-5-7-23/h3-15,25H,16-19H2,1-2H3,(H,29,31)/b28-21-. The maximum Gasteiger partial charge on any atom is 0.243 e. The average Bonchev–Trinajstić information content (AvgIpc) is 2.88. The molecule has 0 aromatic heterocycles. The van der Waals surface area contributed by atoms with Crippen molar-refractivity contribution < 1.29 is 13.2 Å². The van der Waals surface area contributed by atoms with E-state index in [0.29, 0.717) is 36.5 Å². The molecule has 0 radical (unpaired) electrons. The molecule has 0 aliphatic carbocycles. The Bertz CT molecular complexity index is 1260. The molecule has 3 aromatic rings. The van der Waals surface area contributed by atoms with Gasteiger partial charge in [-0.05, 0) is 55.5 Å². The molecule has 176 valence electrons. The van der Waals surface area contributed by atoms with Crippen molar-refractivity contribution in [1.82, 2.24) is 9.73 Å². The fourth-order valence-corrected chi connectivity index (χ4v) is 5.52. The van der Waals surface area contributed by atoms with E-state index in [0.717, 1.165) is 22.3 Å². The van der Waals surface area contributed by atoms with Crippen molar-refractivity contribution in [3.05, 3.63) is 90.0 Å². The number of rotatable bonds is 6. The molecular formula is C27H29N3O3S. The second-order valence-corrected chi connectivity index (χ2v) is 10.5. The van der Waals surface area contributed by atoms with Crippen LogP contribution in [0.1, 0.15) is 30.9 Å². The molecule has 0 unspecified atom stereocenters. The second kappa shape index (κ2) is 10.3. The summed E-state index contributed by atoms with van der Waals surface area (Å²) in [5.74, 6) is -0.436. The highest BCUT2D eigenvalue weighted by molar-refractivity contribution is 7.89. The van der Waals surface area contributed by atoms with Crippen LogP contribution in [0.3, 0.4) is 0 Å². The molecule has 6 nitrogen and oxygen atoms in total. The summed E-state index contributed by atoms with van der Waals surface area (Å²) >= 11 is 0. The van der Waals surface area contributed by atoms with E-state index in [1.807, 2.05) is 56.3 Å². The monoisotopic (exact) mass is 475 g/mol. The van der Waals surface area contributed by atoms with Crippen LogP contribution in [0.2, 0.25) is 0 Å². The minimum absolute atomic E-state index is 0.173. The molecule has 34 heavy (non-hydrogen) atoms. The fourth-order valence-electron chi connectivity index (χ4n) is 4.05. The smallest absolute Gasteiger partial charge is 0.243 e. The predicted octanol–water partition coefficient (Wildman–Crippen LogP) is 4.60. The van der Waals surface area contributed by atoms with E-state index >= 15 is 0 Å². The van der Waals surface area contributed by atoms with Gasteiger partial charge in [0.25, 0.3) is 0 Å². The minimum Gasteiger partial charge on any atom is -0.273 e. The number of hydrogen-bond donors (Lipinski definition) is 1. The third kappa shape index (κ3) is 5.43. The number of piperidine rings is 1. The van der Waals surface area contributed by atoms with Crippen LogP contribution < -0.4 is 5.43 Å². The lowest BCUT2D eigenvalue weighted by atomic mass is 9.98. The first-order valence-corrected chi connectivity index (χ1v) is 12.9. The van der Waals surface area contributed by atoms with Crippen molar-refractivity contribution in [2.75, 3.05) is 13.1 Å². The van der Waals surface area contributed by atoms with Gasteiger partial charge in [-0.15, -0.1) is 0 Å².